The molecule has 0 spiro atoms. The lowest BCUT2D eigenvalue weighted by atomic mass is 10.1. The first-order valence-electron chi connectivity index (χ1n) is 4.84. The molecule has 1 aromatic rings. The lowest BCUT2D eigenvalue weighted by Crippen LogP contribution is -1.90. The van der Waals surface area contributed by atoms with Crippen molar-refractivity contribution < 1.29 is 9.13 Å². The predicted molar refractivity (Wildman–Crippen MR) is 54.8 cm³/mol. The van der Waals surface area contributed by atoms with Gasteiger partial charge in [-0.25, -0.2) is 4.39 Å². The fourth-order valence-electron chi connectivity index (χ4n) is 1.79. The largest absolute Gasteiger partial charge is 0.494 e. The van der Waals surface area contributed by atoms with Gasteiger partial charge in [0.1, 0.15) is 0 Å². The molecule has 0 radical (unpaired) electrons. The van der Waals surface area contributed by atoms with Gasteiger partial charge in [-0.05, 0) is 42.5 Å². The van der Waals surface area contributed by atoms with Crippen LogP contribution in [-0.4, -0.2) is 7.11 Å². The molecule has 2 heteroatoms. The summed E-state index contributed by atoms with van der Waals surface area (Å²) in [6.45, 7) is 0. The van der Waals surface area contributed by atoms with Gasteiger partial charge in [0.25, 0.3) is 0 Å². The zero-order chi connectivity index (χ0) is 9.97. The van der Waals surface area contributed by atoms with Gasteiger partial charge in [0.15, 0.2) is 11.6 Å². The molecule has 0 bridgehead atoms. The molecule has 0 saturated carbocycles. The lowest BCUT2D eigenvalue weighted by Gasteiger charge is -2.06. The summed E-state index contributed by atoms with van der Waals surface area (Å²) in [5, 5.41) is 0. The molecule has 0 amide bonds. The van der Waals surface area contributed by atoms with E-state index in [-0.39, 0.29) is 5.82 Å². The van der Waals surface area contributed by atoms with Crippen molar-refractivity contribution in [2.45, 2.75) is 19.3 Å². The molecule has 0 fully saturated rings. The SMILES string of the molecule is COc1cc(C2=CCCC2)ccc1F. The van der Waals surface area contributed by atoms with Crippen LogP contribution in [-0.2, 0) is 0 Å². The van der Waals surface area contributed by atoms with Crippen molar-refractivity contribution in [1.82, 2.24) is 0 Å². The van der Waals surface area contributed by atoms with Crippen LogP contribution in [0.3, 0.4) is 0 Å². The first kappa shape index (κ1) is 9.25. The van der Waals surface area contributed by atoms with E-state index in [4.69, 9.17) is 4.74 Å². The molecule has 0 aliphatic heterocycles. The normalized spacial score (nSPS) is 15.4. The highest BCUT2D eigenvalue weighted by Crippen LogP contribution is 2.30. The standard InChI is InChI=1S/C12H13FO/c1-14-12-8-10(6-7-11(12)13)9-4-2-3-5-9/h4,6-8H,2-3,5H2,1H3. The number of benzene rings is 1. The fraction of sp³-hybridized carbons (Fsp3) is 0.333. The van der Waals surface area contributed by atoms with Crippen LogP contribution >= 0.6 is 0 Å². The molecule has 1 aromatic carbocycles. The van der Waals surface area contributed by atoms with Gasteiger partial charge in [-0.15, -0.1) is 0 Å². The molecule has 14 heavy (non-hydrogen) atoms. The van der Waals surface area contributed by atoms with E-state index < -0.39 is 0 Å². The van der Waals surface area contributed by atoms with Crippen LogP contribution < -0.4 is 4.74 Å². The summed E-state index contributed by atoms with van der Waals surface area (Å²) in [6, 6.07) is 5.05. The van der Waals surface area contributed by atoms with Crippen molar-refractivity contribution in [1.29, 1.82) is 0 Å². The zero-order valence-electron chi connectivity index (χ0n) is 8.22. The Morgan fingerprint density at radius 2 is 2.21 bits per heavy atom. The van der Waals surface area contributed by atoms with E-state index in [1.807, 2.05) is 6.07 Å². The van der Waals surface area contributed by atoms with E-state index in [2.05, 4.69) is 6.08 Å². The zero-order valence-corrected chi connectivity index (χ0v) is 8.22. The van der Waals surface area contributed by atoms with Crippen LogP contribution in [0.2, 0.25) is 0 Å². The van der Waals surface area contributed by atoms with Crippen LogP contribution in [0.4, 0.5) is 4.39 Å². The maximum Gasteiger partial charge on any atom is 0.165 e. The third-order valence-corrected chi connectivity index (χ3v) is 2.56. The van der Waals surface area contributed by atoms with Crippen LogP contribution in [0.15, 0.2) is 24.3 Å². The highest BCUT2D eigenvalue weighted by molar-refractivity contribution is 5.68. The van der Waals surface area contributed by atoms with Crippen LogP contribution in [0.1, 0.15) is 24.8 Å². The van der Waals surface area contributed by atoms with Crippen LogP contribution in [0, 0.1) is 5.82 Å². The van der Waals surface area contributed by atoms with Crippen LogP contribution in [0.5, 0.6) is 5.75 Å². The predicted octanol–water partition coefficient (Wildman–Crippen LogP) is 3.40. The van der Waals surface area contributed by atoms with Crippen molar-refractivity contribution in [3.8, 4) is 5.75 Å². The number of hydrogen-bond acceptors (Lipinski definition) is 1. The molecule has 0 N–H and O–H groups in total. The summed E-state index contributed by atoms with van der Waals surface area (Å²) in [5.41, 5.74) is 2.39. The van der Waals surface area contributed by atoms with Gasteiger partial charge in [0, 0.05) is 0 Å². The summed E-state index contributed by atoms with van der Waals surface area (Å²) in [7, 11) is 1.49. The minimum Gasteiger partial charge on any atom is -0.494 e. The first-order valence-corrected chi connectivity index (χ1v) is 4.84. The third-order valence-electron chi connectivity index (χ3n) is 2.56. The summed E-state index contributed by atoms with van der Waals surface area (Å²) in [4.78, 5) is 0. The molecule has 0 heterocycles. The van der Waals surface area contributed by atoms with Crippen molar-refractivity contribution in [3.63, 3.8) is 0 Å². The Bertz CT molecular complexity index is 369. The molecule has 1 nitrogen and oxygen atoms in total. The Balaban J connectivity index is 2.35. The van der Waals surface area contributed by atoms with E-state index in [0.29, 0.717) is 5.75 Å². The highest BCUT2D eigenvalue weighted by Gasteiger charge is 2.09. The second kappa shape index (κ2) is 3.82. The van der Waals surface area contributed by atoms with Gasteiger partial charge < -0.3 is 4.74 Å². The molecule has 1 aliphatic carbocycles. The molecule has 0 aromatic heterocycles. The number of ether oxygens (including phenoxy) is 1. The van der Waals surface area contributed by atoms with E-state index in [0.717, 1.165) is 18.4 Å². The van der Waals surface area contributed by atoms with Gasteiger partial charge in [0.2, 0.25) is 0 Å². The highest BCUT2D eigenvalue weighted by atomic mass is 19.1. The Hall–Kier alpha value is -1.31. The summed E-state index contributed by atoms with van der Waals surface area (Å²) < 4.78 is 18.1. The average Bonchev–Trinajstić information content (AvgIpc) is 2.71. The summed E-state index contributed by atoms with van der Waals surface area (Å²) >= 11 is 0. The molecule has 74 valence electrons. The fourth-order valence-corrected chi connectivity index (χ4v) is 1.79. The summed E-state index contributed by atoms with van der Waals surface area (Å²) in [5.74, 6) is 0.0325. The lowest BCUT2D eigenvalue weighted by molar-refractivity contribution is 0.386. The molecule has 1 aliphatic rings. The molecule has 2 rings (SSSR count). The van der Waals surface area contributed by atoms with Gasteiger partial charge in [-0.2, -0.15) is 0 Å². The molecule has 0 atom stereocenters. The van der Waals surface area contributed by atoms with Crippen molar-refractivity contribution in [2.75, 3.05) is 7.11 Å². The minimum atomic E-state index is -0.296. The van der Waals surface area contributed by atoms with Crippen molar-refractivity contribution in [2.24, 2.45) is 0 Å². The Labute approximate surface area is 83.2 Å². The van der Waals surface area contributed by atoms with Gasteiger partial charge in [0.05, 0.1) is 7.11 Å². The number of halogens is 1. The number of methoxy groups -OCH3 is 1. The smallest absolute Gasteiger partial charge is 0.165 e. The number of allylic oxidation sites excluding steroid dienone is 2. The first-order chi connectivity index (χ1) is 6.81. The van der Waals surface area contributed by atoms with Crippen molar-refractivity contribution >= 4 is 5.57 Å². The minimum absolute atomic E-state index is 0.296. The quantitative estimate of drug-likeness (QED) is 0.697. The van der Waals surface area contributed by atoms with Crippen molar-refractivity contribution in [3.05, 3.63) is 35.7 Å². The van der Waals surface area contributed by atoms with Gasteiger partial charge >= 0.3 is 0 Å². The second-order valence-corrected chi connectivity index (χ2v) is 3.47. The Kier molecular flexibility index (Phi) is 2.53. The maximum atomic E-state index is 13.1. The summed E-state index contributed by atoms with van der Waals surface area (Å²) in [6.07, 6.45) is 5.64. The molecule has 0 unspecified atom stereocenters. The third kappa shape index (κ3) is 1.65. The number of hydrogen-bond donors (Lipinski definition) is 0. The average molecular weight is 192 g/mol. The van der Waals surface area contributed by atoms with E-state index in [1.165, 1.54) is 25.2 Å². The molecule has 0 saturated heterocycles. The topological polar surface area (TPSA) is 9.23 Å². The Morgan fingerprint density at radius 1 is 1.36 bits per heavy atom. The van der Waals surface area contributed by atoms with E-state index in [9.17, 15) is 4.39 Å². The molecular formula is C12H13FO. The van der Waals surface area contributed by atoms with Gasteiger partial charge in [-0.3, -0.25) is 0 Å². The van der Waals surface area contributed by atoms with E-state index >= 15 is 0 Å². The second-order valence-electron chi connectivity index (χ2n) is 3.47. The molecular weight excluding hydrogens is 179 g/mol. The Morgan fingerprint density at radius 3 is 2.86 bits per heavy atom. The number of rotatable bonds is 2. The monoisotopic (exact) mass is 192 g/mol. The van der Waals surface area contributed by atoms with E-state index in [1.54, 1.807) is 6.07 Å². The van der Waals surface area contributed by atoms with Crippen LogP contribution in [0.25, 0.3) is 5.57 Å². The van der Waals surface area contributed by atoms with Gasteiger partial charge in [-0.1, -0.05) is 12.1 Å². The maximum absolute atomic E-state index is 13.1.